The van der Waals surface area contributed by atoms with Gasteiger partial charge in [0.05, 0.1) is 0 Å². The van der Waals surface area contributed by atoms with Crippen molar-refractivity contribution in [3.63, 3.8) is 0 Å². The first-order chi connectivity index (χ1) is 9.99. The molecule has 0 amide bonds. The minimum atomic E-state index is 0.119. The molecule has 2 aromatic rings. The highest BCUT2D eigenvalue weighted by Crippen LogP contribution is 2.23. The van der Waals surface area contributed by atoms with E-state index in [-0.39, 0.29) is 5.41 Å². The number of nitrogens with two attached hydrogens (primary N) is 1. The van der Waals surface area contributed by atoms with Crippen molar-refractivity contribution in [1.82, 2.24) is 4.98 Å². The molecule has 21 heavy (non-hydrogen) atoms. The molecule has 0 bridgehead atoms. The van der Waals surface area contributed by atoms with Crippen LogP contribution in [-0.4, -0.2) is 18.1 Å². The fourth-order valence-corrected chi connectivity index (χ4v) is 1.87. The summed E-state index contributed by atoms with van der Waals surface area (Å²) in [5.41, 5.74) is 7.72. The van der Waals surface area contributed by atoms with Gasteiger partial charge in [0, 0.05) is 18.4 Å². The summed E-state index contributed by atoms with van der Waals surface area (Å²) in [4.78, 5) is 4.45. The van der Waals surface area contributed by atoms with E-state index in [1.54, 1.807) is 0 Å². The second-order valence-corrected chi connectivity index (χ2v) is 5.97. The lowest BCUT2D eigenvalue weighted by molar-refractivity contribution is 0.328. The molecule has 0 radical (unpaired) electrons. The first kappa shape index (κ1) is 15.3. The zero-order valence-corrected chi connectivity index (χ0v) is 12.9. The maximum Gasteiger partial charge on any atom is 0.130 e. The van der Waals surface area contributed by atoms with E-state index in [1.165, 1.54) is 5.56 Å². The molecule has 0 aliphatic rings. The van der Waals surface area contributed by atoms with Crippen LogP contribution in [0.25, 0.3) is 0 Å². The highest BCUT2D eigenvalue weighted by atomic mass is 16.5. The molecule has 1 heterocycles. The van der Waals surface area contributed by atoms with Crippen LogP contribution in [0.4, 0.5) is 11.5 Å². The standard InChI is InChI=1S/C17H23N3O/c1-17(2,3)13-4-9-16(19-12-13)20-14-5-7-15(8-6-14)21-11-10-18/h4-9,12H,10-11,18H2,1-3H3,(H,19,20). The number of hydrogen-bond donors (Lipinski definition) is 2. The van der Waals surface area contributed by atoms with Gasteiger partial charge >= 0.3 is 0 Å². The molecule has 0 saturated carbocycles. The van der Waals surface area contributed by atoms with Crippen molar-refractivity contribution in [2.45, 2.75) is 26.2 Å². The van der Waals surface area contributed by atoms with Gasteiger partial charge in [0.15, 0.2) is 0 Å². The molecular formula is C17H23N3O. The molecule has 2 rings (SSSR count). The Hall–Kier alpha value is -2.07. The summed E-state index contributed by atoms with van der Waals surface area (Å²) in [7, 11) is 0. The molecule has 4 heteroatoms. The lowest BCUT2D eigenvalue weighted by atomic mass is 9.88. The number of anilines is 2. The van der Waals surface area contributed by atoms with Crippen LogP contribution in [0.5, 0.6) is 5.75 Å². The van der Waals surface area contributed by atoms with Crippen LogP contribution in [0.1, 0.15) is 26.3 Å². The highest BCUT2D eigenvalue weighted by Gasteiger charge is 2.13. The molecular weight excluding hydrogens is 262 g/mol. The molecule has 0 fully saturated rings. The highest BCUT2D eigenvalue weighted by molar-refractivity contribution is 5.57. The van der Waals surface area contributed by atoms with E-state index in [1.807, 2.05) is 36.5 Å². The third-order valence-corrected chi connectivity index (χ3v) is 3.14. The van der Waals surface area contributed by atoms with Gasteiger partial charge in [-0.3, -0.25) is 0 Å². The van der Waals surface area contributed by atoms with E-state index in [9.17, 15) is 0 Å². The first-order valence-electron chi connectivity index (χ1n) is 7.15. The lowest BCUT2D eigenvalue weighted by Gasteiger charge is -2.18. The van der Waals surface area contributed by atoms with Gasteiger partial charge in [0.1, 0.15) is 18.2 Å². The Morgan fingerprint density at radius 2 is 1.81 bits per heavy atom. The predicted molar refractivity (Wildman–Crippen MR) is 87.2 cm³/mol. The van der Waals surface area contributed by atoms with Crippen LogP contribution in [0.3, 0.4) is 0 Å². The summed E-state index contributed by atoms with van der Waals surface area (Å²) < 4.78 is 5.45. The van der Waals surface area contributed by atoms with Crippen LogP contribution in [0.15, 0.2) is 42.6 Å². The second-order valence-electron chi connectivity index (χ2n) is 5.97. The molecule has 1 aromatic heterocycles. The summed E-state index contributed by atoms with van der Waals surface area (Å²) >= 11 is 0. The normalized spacial score (nSPS) is 11.2. The molecule has 0 aliphatic carbocycles. The fourth-order valence-electron chi connectivity index (χ4n) is 1.87. The van der Waals surface area contributed by atoms with Crippen molar-refractivity contribution in [2.75, 3.05) is 18.5 Å². The van der Waals surface area contributed by atoms with Crippen LogP contribution in [-0.2, 0) is 5.41 Å². The number of rotatable bonds is 5. The minimum absolute atomic E-state index is 0.119. The summed E-state index contributed by atoms with van der Waals surface area (Å²) in [5, 5.41) is 3.27. The van der Waals surface area contributed by atoms with Crippen molar-refractivity contribution < 1.29 is 4.74 Å². The molecule has 4 nitrogen and oxygen atoms in total. The molecule has 0 saturated heterocycles. The van der Waals surface area contributed by atoms with Gasteiger partial charge < -0.3 is 15.8 Å². The quantitative estimate of drug-likeness (QED) is 0.883. The maximum absolute atomic E-state index is 5.45. The molecule has 0 atom stereocenters. The molecule has 3 N–H and O–H groups in total. The molecule has 0 aliphatic heterocycles. The Balaban J connectivity index is 2.01. The number of nitrogens with zero attached hydrogens (tertiary/aromatic N) is 1. The van der Waals surface area contributed by atoms with E-state index in [4.69, 9.17) is 10.5 Å². The largest absolute Gasteiger partial charge is 0.492 e. The molecule has 0 unspecified atom stereocenters. The van der Waals surface area contributed by atoms with E-state index >= 15 is 0 Å². The molecule has 1 aromatic carbocycles. The van der Waals surface area contributed by atoms with Gasteiger partial charge in [-0.25, -0.2) is 4.98 Å². The van der Waals surface area contributed by atoms with E-state index in [0.717, 1.165) is 17.3 Å². The van der Waals surface area contributed by atoms with Crippen molar-refractivity contribution >= 4 is 11.5 Å². The predicted octanol–water partition coefficient (Wildman–Crippen LogP) is 3.46. The van der Waals surface area contributed by atoms with E-state index in [2.05, 4.69) is 37.1 Å². The smallest absolute Gasteiger partial charge is 0.130 e. The molecule has 112 valence electrons. The fraction of sp³-hybridized carbons (Fsp3) is 0.353. The average molecular weight is 285 g/mol. The Bertz CT molecular complexity index is 556. The van der Waals surface area contributed by atoms with Crippen molar-refractivity contribution in [3.8, 4) is 5.75 Å². The van der Waals surface area contributed by atoms with Crippen LogP contribution < -0.4 is 15.8 Å². The van der Waals surface area contributed by atoms with Crippen molar-refractivity contribution in [3.05, 3.63) is 48.2 Å². The maximum atomic E-state index is 5.45. The number of benzene rings is 1. The lowest BCUT2D eigenvalue weighted by Crippen LogP contribution is -2.11. The zero-order chi connectivity index (χ0) is 15.3. The van der Waals surface area contributed by atoms with Crippen LogP contribution in [0, 0.1) is 0 Å². The minimum Gasteiger partial charge on any atom is -0.492 e. The number of ether oxygens (including phenoxy) is 1. The van der Waals surface area contributed by atoms with Crippen LogP contribution >= 0.6 is 0 Å². The van der Waals surface area contributed by atoms with Crippen molar-refractivity contribution in [2.24, 2.45) is 5.73 Å². The summed E-state index contributed by atoms with van der Waals surface area (Å²) in [6, 6.07) is 11.9. The van der Waals surface area contributed by atoms with Gasteiger partial charge in [-0.15, -0.1) is 0 Å². The van der Waals surface area contributed by atoms with Gasteiger partial charge in [-0.05, 0) is 41.3 Å². The van der Waals surface area contributed by atoms with Gasteiger partial charge in [-0.2, -0.15) is 0 Å². The van der Waals surface area contributed by atoms with Gasteiger partial charge in [-0.1, -0.05) is 26.8 Å². The Morgan fingerprint density at radius 3 is 2.33 bits per heavy atom. The molecule has 0 spiro atoms. The Labute approximate surface area is 126 Å². The Morgan fingerprint density at radius 1 is 1.10 bits per heavy atom. The van der Waals surface area contributed by atoms with E-state index < -0.39 is 0 Å². The number of hydrogen-bond acceptors (Lipinski definition) is 4. The summed E-state index contributed by atoms with van der Waals surface area (Å²) in [5.74, 6) is 1.65. The van der Waals surface area contributed by atoms with Gasteiger partial charge in [0.2, 0.25) is 0 Å². The summed E-state index contributed by atoms with van der Waals surface area (Å²) in [6.45, 7) is 7.58. The second kappa shape index (κ2) is 6.59. The monoisotopic (exact) mass is 285 g/mol. The van der Waals surface area contributed by atoms with Gasteiger partial charge in [0.25, 0.3) is 0 Å². The zero-order valence-electron chi connectivity index (χ0n) is 12.9. The Kier molecular flexibility index (Phi) is 4.81. The van der Waals surface area contributed by atoms with Crippen LogP contribution in [0.2, 0.25) is 0 Å². The van der Waals surface area contributed by atoms with Crippen molar-refractivity contribution in [1.29, 1.82) is 0 Å². The third-order valence-electron chi connectivity index (χ3n) is 3.14. The topological polar surface area (TPSA) is 60.2 Å². The number of pyridine rings is 1. The third kappa shape index (κ3) is 4.46. The average Bonchev–Trinajstić information content (AvgIpc) is 2.46. The number of aromatic nitrogens is 1. The number of nitrogens with one attached hydrogen (secondary N) is 1. The van der Waals surface area contributed by atoms with E-state index in [0.29, 0.717) is 13.2 Å². The SMILES string of the molecule is CC(C)(C)c1ccc(Nc2ccc(OCCN)cc2)nc1. The summed E-state index contributed by atoms with van der Waals surface area (Å²) in [6.07, 6.45) is 1.92. The first-order valence-corrected chi connectivity index (χ1v) is 7.15.